The summed E-state index contributed by atoms with van der Waals surface area (Å²) in [5.74, 6) is 0. The minimum absolute atomic E-state index is 0.199. The first-order chi connectivity index (χ1) is 9.47. The van der Waals surface area contributed by atoms with Crippen molar-refractivity contribution in [1.82, 2.24) is 9.78 Å². The Hall–Kier alpha value is -1.69. The van der Waals surface area contributed by atoms with Gasteiger partial charge in [-0.05, 0) is 11.6 Å². The Labute approximate surface area is 119 Å². The number of likely N-dealkylation sites (N-methyl/N-ethyl adjacent to an activating group) is 1. The van der Waals surface area contributed by atoms with Gasteiger partial charge in [-0.25, -0.2) is 0 Å². The van der Waals surface area contributed by atoms with Crippen molar-refractivity contribution in [1.29, 1.82) is 0 Å². The molecule has 1 aromatic heterocycles. The molecule has 0 amide bonds. The molecule has 1 atom stereocenters. The highest BCUT2D eigenvalue weighted by Crippen LogP contribution is 2.25. The zero-order chi connectivity index (χ0) is 14.6. The van der Waals surface area contributed by atoms with E-state index in [0.717, 1.165) is 11.3 Å². The van der Waals surface area contributed by atoms with Gasteiger partial charge in [-0.3, -0.25) is 4.68 Å². The first-order valence-electron chi connectivity index (χ1n) is 6.66. The zero-order valence-corrected chi connectivity index (χ0v) is 12.2. The van der Waals surface area contributed by atoms with Crippen molar-refractivity contribution in [3.05, 3.63) is 59.1 Å². The van der Waals surface area contributed by atoms with Crippen LogP contribution in [-0.4, -0.2) is 41.7 Å². The molecule has 5 heteroatoms. The molecule has 2 aromatic rings. The van der Waals surface area contributed by atoms with Crippen LogP contribution in [-0.2, 0) is 11.8 Å². The molecule has 1 unspecified atom stereocenters. The number of hydrogen-bond acceptors (Lipinski definition) is 3. The second-order valence-electron chi connectivity index (χ2n) is 5.34. The second kappa shape index (κ2) is 6.17. The SMILES string of the molecule is Cn1nccc1C(OCC[N+](C)(C)[O-])c1ccccc1. The van der Waals surface area contributed by atoms with Crippen LogP contribution in [0.2, 0.25) is 0 Å². The zero-order valence-electron chi connectivity index (χ0n) is 12.2. The van der Waals surface area contributed by atoms with Crippen LogP contribution in [0.1, 0.15) is 17.4 Å². The molecule has 0 aliphatic carbocycles. The molecular weight excluding hydrogens is 254 g/mol. The molecule has 0 aliphatic heterocycles. The van der Waals surface area contributed by atoms with Crippen molar-refractivity contribution in [3.8, 4) is 0 Å². The molecule has 1 heterocycles. The fraction of sp³-hybridized carbons (Fsp3) is 0.400. The molecule has 1 aromatic carbocycles. The van der Waals surface area contributed by atoms with Crippen LogP contribution < -0.4 is 0 Å². The largest absolute Gasteiger partial charge is 0.633 e. The summed E-state index contributed by atoms with van der Waals surface area (Å²) in [6.07, 6.45) is 1.55. The highest BCUT2D eigenvalue weighted by atomic mass is 16.5. The minimum atomic E-state index is -0.354. The summed E-state index contributed by atoms with van der Waals surface area (Å²) < 4.78 is 7.40. The molecule has 20 heavy (non-hydrogen) atoms. The number of rotatable bonds is 6. The maximum atomic E-state index is 11.6. The summed E-state index contributed by atoms with van der Waals surface area (Å²) in [5.41, 5.74) is 2.04. The van der Waals surface area contributed by atoms with Crippen molar-refractivity contribution in [3.63, 3.8) is 0 Å². The molecule has 5 nitrogen and oxygen atoms in total. The van der Waals surface area contributed by atoms with Crippen LogP contribution in [0, 0.1) is 5.21 Å². The van der Waals surface area contributed by atoms with Gasteiger partial charge in [0.2, 0.25) is 0 Å². The third-order valence-corrected chi connectivity index (χ3v) is 3.14. The highest BCUT2D eigenvalue weighted by molar-refractivity contribution is 5.25. The number of hydrogen-bond donors (Lipinski definition) is 0. The van der Waals surface area contributed by atoms with Gasteiger partial charge in [0.25, 0.3) is 0 Å². The van der Waals surface area contributed by atoms with E-state index < -0.39 is 0 Å². The van der Waals surface area contributed by atoms with Crippen molar-refractivity contribution in [2.75, 3.05) is 27.2 Å². The maximum absolute atomic E-state index is 11.6. The quantitative estimate of drug-likeness (QED) is 0.599. The van der Waals surface area contributed by atoms with Crippen molar-refractivity contribution in [2.24, 2.45) is 7.05 Å². The number of aryl methyl sites for hydroxylation is 1. The highest BCUT2D eigenvalue weighted by Gasteiger charge is 2.18. The monoisotopic (exact) mass is 275 g/mol. The average Bonchev–Trinajstić information content (AvgIpc) is 2.81. The van der Waals surface area contributed by atoms with Gasteiger partial charge in [-0.2, -0.15) is 5.10 Å². The lowest BCUT2D eigenvalue weighted by Gasteiger charge is -2.34. The van der Waals surface area contributed by atoms with E-state index in [0.29, 0.717) is 13.2 Å². The van der Waals surface area contributed by atoms with E-state index in [2.05, 4.69) is 5.10 Å². The number of ether oxygens (including phenoxy) is 1. The van der Waals surface area contributed by atoms with Crippen LogP contribution >= 0.6 is 0 Å². The molecule has 0 radical (unpaired) electrons. The van der Waals surface area contributed by atoms with E-state index >= 15 is 0 Å². The Balaban J connectivity index is 2.16. The lowest BCUT2D eigenvalue weighted by Crippen LogP contribution is -2.36. The number of hydroxylamine groups is 3. The number of quaternary nitrogens is 1. The summed E-state index contributed by atoms with van der Waals surface area (Å²) in [5, 5.41) is 15.8. The summed E-state index contributed by atoms with van der Waals surface area (Å²) in [4.78, 5) is 0. The lowest BCUT2D eigenvalue weighted by atomic mass is 10.1. The van der Waals surface area contributed by atoms with Gasteiger partial charge >= 0.3 is 0 Å². The smallest absolute Gasteiger partial charge is 0.124 e. The van der Waals surface area contributed by atoms with E-state index in [9.17, 15) is 5.21 Å². The fourth-order valence-electron chi connectivity index (χ4n) is 2.01. The molecule has 0 N–H and O–H groups in total. The van der Waals surface area contributed by atoms with Crippen molar-refractivity contribution >= 4 is 0 Å². The standard InChI is InChI=1S/C15H21N3O2/c1-17-14(9-10-16-17)15(13-7-5-4-6-8-13)20-12-11-18(2,3)19/h4-10,15H,11-12H2,1-3H3. The van der Waals surface area contributed by atoms with Crippen LogP contribution in [0.15, 0.2) is 42.6 Å². The lowest BCUT2D eigenvalue weighted by molar-refractivity contribution is -0.840. The molecule has 0 bridgehead atoms. The molecule has 0 saturated heterocycles. The van der Waals surface area contributed by atoms with Gasteiger partial charge in [0.05, 0.1) is 26.4 Å². The Morgan fingerprint density at radius 2 is 1.95 bits per heavy atom. The van der Waals surface area contributed by atoms with E-state index in [4.69, 9.17) is 4.74 Å². The summed E-state index contributed by atoms with van der Waals surface area (Å²) in [6, 6.07) is 11.9. The molecule has 108 valence electrons. The Morgan fingerprint density at radius 1 is 1.25 bits per heavy atom. The van der Waals surface area contributed by atoms with Gasteiger partial charge in [-0.15, -0.1) is 0 Å². The molecule has 0 aliphatic rings. The molecular formula is C15H21N3O2. The number of benzene rings is 1. The molecule has 0 fully saturated rings. The normalized spacial score (nSPS) is 13.4. The van der Waals surface area contributed by atoms with Gasteiger partial charge < -0.3 is 14.6 Å². The van der Waals surface area contributed by atoms with E-state index in [-0.39, 0.29) is 10.8 Å². The summed E-state index contributed by atoms with van der Waals surface area (Å²) in [7, 11) is 5.12. The average molecular weight is 275 g/mol. The van der Waals surface area contributed by atoms with E-state index in [1.165, 1.54) is 0 Å². The van der Waals surface area contributed by atoms with Crippen molar-refractivity contribution < 1.29 is 9.38 Å². The van der Waals surface area contributed by atoms with Crippen LogP contribution in [0.3, 0.4) is 0 Å². The van der Waals surface area contributed by atoms with Gasteiger partial charge in [0.1, 0.15) is 12.6 Å². The second-order valence-corrected chi connectivity index (χ2v) is 5.34. The number of nitrogens with zero attached hydrogens (tertiary/aromatic N) is 3. The maximum Gasteiger partial charge on any atom is 0.124 e. The predicted molar refractivity (Wildman–Crippen MR) is 77.8 cm³/mol. The van der Waals surface area contributed by atoms with Gasteiger partial charge in [0, 0.05) is 13.2 Å². The molecule has 0 spiro atoms. The minimum Gasteiger partial charge on any atom is -0.633 e. The third kappa shape index (κ3) is 3.90. The van der Waals surface area contributed by atoms with E-state index in [1.807, 2.05) is 43.4 Å². The third-order valence-electron chi connectivity index (χ3n) is 3.14. The first-order valence-corrected chi connectivity index (χ1v) is 6.66. The first kappa shape index (κ1) is 14.7. The van der Waals surface area contributed by atoms with E-state index in [1.54, 1.807) is 25.0 Å². The Bertz CT molecular complexity index is 532. The molecule has 0 saturated carbocycles. The van der Waals surface area contributed by atoms with Gasteiger partial charge in [0.15, 0.2) is 0 Å². The van der Waals surface area contributed by atoms with Gasteiger partial charge in [-0.1, -0.05) is 30.3 Å². The Kier molecular flexibility index (Phi) is 4.54. The summed E-state index contributed by atoms with van der Waals surface area (Å²) >= 11 is 0. The van der Waals surface area contributed by atoms with Crippen molar-refractivity contribution in [2.45, 2.75) is 6.10 Å². The molecule has 2 rings (SSSR count). The summed E-state index contributed by atoms with van der Waals surface area (Å²) in [6.45, 7) is 0.822. The van der Waals surface area contributed by atoms with Crippen LogP contribution in [0.4, 0.5) is 0 Å². The predicted octanol–water partition coefficient (Wildman–Crippen LogP) is 2.10. The van der Waals surface area contributed by atoms with Crippen LogP contribution in [0.25, 0.3) is 0 Å². The van der Waals surface area contributed by atoms with Crippen LogP contribution in [0.5, 0.6) is 0 Å². The number of aromatic nitrogens is 2. The fourth-order valence-corrected chi connectivity index (χ4v) is 2.01. The topological polar surface area (TPSA) is 50.1 Å². The Morgan fingerprint density at radius 3 is 2.50 bits per heavy atom.